The van der Waals surface area contributed by atoms with E-state index in [1.54, 1.807) is 6.92 Å². The second-order valence-electron chi connectivity index (χ2n) is 3.52. The van der Waals surface area contributed by atoms with Gasteiger partial charge in [-0.05, 0) is 17.6 Å². The molecule has 18 heavy (non-hydrogen) atoms. The molecule has 0 saturated heterocycles. The summed E-state index contributed by atoms with van der Waals surface area (Å²) in [4.78, 5) is 0. The standard InChI is InChI=1S/C11H10Cl2N4O/c1-7-11(17-18-16-7)15-14-10(13)9(12)8-5-3-2-4-6-8/h2-6,9H,1H3,(H,15,17)/b14-10-/t9-/m0/s1. The van der Waals surface area contributed by atoms with Crippen LogP contribution in [0.5, 0.6) is 0 Å². The Morgan fingerprint density at radius 2 is 2.06 bits per heavy atom. The summed E-state index contributed by atoms with van der Waals surface area (Å²) in [7, 11) is 0. The molecule has 0 amide bonds. The van der Waals surface area contributed by atoms with E-state index in [0.29, 0.717) is 11.5 Å². The highest BCUT2D eigenvalue weighted by molar-refractivity contribution is 6.70. The number of hydrogen-bond acceptors (Lipinski definition) is 5. The lowest BCUT2D eigenvalue weighted by Crippen LogP contribution is -2.03. The van der Waals surface area contributed by atoms with Gasteiger partial charge in [0.1, 0.15) is 16.2 Å². The van der Waals surface area contributed by atoms with E-state index >= 15 is 0 Å². The van der Waals surface area contributed by atoms with Crippen LogP contribution in [0, 0.1) is 6.92 Å². The number of anilines is 1. The largest absolute Gasteiger partial charge is 0.256 e. The SMILES string of the molecule is Cc1nonc1N/N=C(\Cl)[C@@H](Cl)c1ccccc1. The van der Waals surface area contributed by atoms with Gasteiger partial charge in [-0.2, -0.15) is 5.10 Å². The van der Waals surface area contributed by atoms with Gasteiger partial charge in [0.2, 0.25) is 5.82 Å². The Morgan fingerprint density at radius 3 is 2.67 bits per heavy atom. The van der Waals surface area contributed by atoms with Gasteiger partial charge in [0.05, 0.1) is 0 Å². The lowest BCUT2D eigenvalue weighted by molar-refractivity contribution is 0.306. The fourth-order valence-electron chi connectivity index (χ4n) is 1.26. The molecule has 1 aromatic carbocycles. The molecule has 7 heteroatoms. The number of nitrogens with one attached hydrogen (secondary N) is 1. The van der Waals surface area contributed by atoms with E-state index in [1.807, 2.05) is 30.3 Å². The van der Waals surface area contributed by atoms with Gasteiger partial charge in [0.15, 0.2) is 0 Å². The molecular weight excluding hydrogens is 275 g/mol. The minimum atomic E-state index is -0.513. The zero-order valence-corrected chi connectivity index (χ0v) is 11.0. The molecule has 0 bridgehead atoms. The van der Waals surface area contributed by atoms with Gasteiger partial charge in [0.25, 0.3) is 0 Å². The van der Waals surface area contributed by atoms with Crippen molar-refractivity contribution < 1.29 is 4.63 Å². The first-order valence-corrected chi connectivity index (χ1v) is 5.97. The number of hydrazone groups is 1. The van der Waals surface area contributed by atoms with Crippen molar-refractivity contribution in [2.45, 2.75) is 12.3 Å². The Morgan fingerprint density at radius 1 is 1.33 bits per heavy atom. The zero-order chi connectivity index (χ0) is 13.0. The van der Waals surface area contributed by atoms with E-state index in [9.17, 15) is 0 Å². The van der Waals surface area contributed by atoms with Crippen molar-refractivity contribution in [2.75, 3.05) is 5.43 Å². The molecule has 1 atom stereocenters. The van der Waals surface area contributed by atoms with E-state index in [2.05, 4.69) is 25.5 Å². The van der Waals surface area contributed by atoms with Crippen LogP contribution in [-0.2, 0) is 0 Å². The van der Waals surface area contributed by atoms with Crippen molar-refractivity contribution >= 4 is 34.2 Å². The van der Waals surface area contributed by atoms with Crippen LogP contribution in [0.1, 0.15) is 16.6 Å². The predicted molar refractivity (Wildman–Crippen MR) is 71.0 cm³/mol. The van der Waals surface area contributed by atoms with Crippen LogP contribution in [-0.4, -0.2) is 15.5 Å². The molecule has 0 radical (unpaired) electrons. The number of alkyl halides is 1. The van der Waals surface area contributed by atoms with Crippen molar-refractivity contribution in [3.05, 3.63) is 41.6 Å². The third-order valence-electron chi connectivity index (χ3n) is 2.22. The maximum atomic E-state index is 6.17. The van der Waals surface area contributed by atoms with Crippen LogP contribution in [0.2, 0.25) is 0 Å². The van der Waals surface area contributed by atoms with Crippen LogP contribution in [0.15, 0.2) is 40.1 Å². The number of rotatable bonds is 4. The average molecular weight is 285 g/mol. The number of benzene rings is 1. The molecule has 94 valence electrons. The van der Waals surface area contributed by atoms with E-state index < -0.39 is 5.38 Å². The molecule has 0 aliphatic carbocycles. The van der Waals surface area contributed by atoms with E-state index in [4.69, 9.17) is 23.2 Å². The molecule has 0 aliphatic heterocycles. The highest BCUT2D eigenvalue weighted by Crippen LogP contribution is 2.24. The Labute approximate surface area is 114 Å². The van der Waals surface area contributed by atoms with Crippen LogP contribution < -0.4 is 5.43 Å². The summed E-state index contributed by atoms with van der Waals surface area (Å²) < 4.78 is 4.51. The molecule has 2 rings (SSSR count). The highest BCUT2D eigenvalue weighted by atomic mass is 35.5. The van der Waals surface area contributed by atoms with Crippen LogP contribution in [0.25, 0.3) is 0 Å². The molecule has 1 aromatic heterocycles. The van der Waals surface area contributed by atoms with Gasteiger partial charge in [-0.1, -0.05) is 47.1 Å². The quantitative estimate of drug-likeness (QED) is 0.531. The van der Waals surface area contributed by atoms with Gasteiger partial charge < -0.3 is 0 Å². The first-order chi connectivity index (χ1) is 8.68. The second-order valence-corrected chi connectivity index (χ2v) is 4.34. The van der Waals surface area contributed by atoms with E-state index in [1.165, 1.54) is 0 Å². The number of aromatic nitrogens is 2. The van der Waals surface area contributed by atoms with Gasteiger partial charge in [-0.3, -0.25) is 5.43 Å². The van der Waals surface area contributed by atoms with E-state index in [0.717, 1.165) is 5.56 Å². The van der Waals surface area contributed by atoms with Crippen LogP contribution in [0.3, 0.4) is 0 Å². The topological polar surface area (TPSA) is 63.3 Å². The lowest BCUT2D eigenvalue weighted by Gasteiger charge is -2.07. The molecule has 2 aromatic rings. The predicted octanol–water partition coefficient (Wildman–Crippen LogP) is 3.32. The zero-order valence-electron chi connectivity index (χ0n) is 9.47. The number of hydrogen-bond donors (Lipinski definition) is 1. The van der Waals surface area contributed by atoms with Crippen LogP contribution >= 0.6 is 23.2 Å². The van der Waals surface area contributed by atoms with Gasteiger partial charge in [-0.15, -0.1) is 11.6 Å². The smallest absolute Gasteiger partial charge is 0.213 e. The minimum absolute atomic E-state index is 0.213. The van der Waals surface area contributed by atoms with Crippen molar-refractivity contribution in [3.8, 4) is 0 Å². The first kappa shape index (κ1) is 12.9. The Hall–Kier alpha value is -1.59. The van der Waals surface area contributed by atoms with Gasteiger partial charge >= 0.3 is 0 Å². The Balaban J connectivity index is 2.07. The highest BCUT2D eigenvalue weighted by Gasteiger charge is 2.13. The maximum absolute atomic E-state index is 6.17. The summed E-state index contributed by atoms with van der Waals surface area (Å²) in [5.41, 5.74) is 4.10. The normalized spacial score (nSPS) is 13.4. The number of aryl methyl sites for hydroxylation is 1. The number of halogens is 2. The van der Waals surface area contributed by atoms with Crippen molar-refractivity contribution in [2.24, 2.45) is 5.10 Å². The fraction of sp³-hybridized carbons (Fsp3) is 0.182. The summed E-state index contributed by atoms with van der Waals surface area (Å²) in [6, 6.07) is 9.42. The summed E-state index contributed by atoms with van der Waals surface area (Å²) >= 11 is 12.2. The molecule has 0 spiro atoms. The monoisotopic (exact) mass is 284 g/mol. The summed E-state index contributed by atoms with van der Waals surface area (Å²) in [6.45, 7) is 1.73. The van der Waals surface area contributed by atoms with Crippen molar-refractivity contribution in [1.82, 2.24) is 10.3 Å². The summed E-state index contributed by atoms with van der Waals surface area (Å²) in [5.74, 6) is 0.407. The van der Waals surface area contributed by atoms with Crippen molar-refractivity contribution in [3.63, 3.8) is 0 Å². The average Bonchev–Trinajstić information content (AvgIpc) is 2.81. The molecule has 0 unspecified atom stereocenters. The van der Waals surface area contributed by atoms with Crippen molar-refractivity contribution in [1.29, 1.82) is 0 Å². The minimum Gasteiger partial charge on any atom is -0.256 e. The molecule has 5 nitrogen and oxygen atoms in total. The molecule has 1 N–H and O–H groups in total. The summed E-state index contributed by atoms with van der Waals surface area (Å²) in [5, 5.41) is 10.9. The van der Waals surface area contributed by atoms with Gasteiger partial charge in [-0.25, -0.2) is 4.63 Å². The second kappa shape index (κ2) is 5.84. The van der Waals surface area contributed by atoms with E-state index in [-0.39, 0.29) is 5.17 Å². The Bertz CT molecular complexity index is 541. The number of nitrogens with zero attached hydrogens (tertiary/aromatic N) is 3. The molecule has 1 heterocycles. The molecule has 0 saturated carbocycles. The third kappa shape index (κ3) is 3.00. The van der Waals surface area contributed by atoms with Gasteiger partial charge in [0, 0.05) is 0 Å². The molecule has 0 aliphatic rings. The summed E-state index contributed by atoms with van der Waals surface area (Å²) in [6.07, 6.45) is 0. The molecule has 0 fully saturated rings. The third-order valence-corrected chi connectivity index (χ3v) is 3.10. The first-order valence-electron chi connectivity index (χ1n) is 5.15. The maximum Gasteiger partial charge on any atom is 0.213 e. The Kier molecular flexibility index (Phi) is 4.17. The fourth-order valence-corrected chi connectivity index (χ4v) is 1.62. The molecular formula is C11H10Cl2N4O. The van der Waals surface area contributed by atoms with Crippen LogP contribution in [0.4, 0.5) is 5.82 Å². The lowest BCUT2D eigenvalue weighted by atomic mass is 10.2.